The van der Waals surface area contributed by atoms with Crippen molar-refractivity contribution in [3.8, 4) is 5.75 Å². The number of hydrogen-bond acceptors (Lipinski definition) is 3. The molecule has 3 N–H and O–H groups in total. The highest BCUT2D eigenvalue weighted by molar-refractivity contribution is 5.80. The Labute approximate surface area is 100.0 Å². The zero-order valence-electron chi connectivity index (χ0n) is 10.2. The average molecular weight is 240 g/mol. The summed E-state index contributed by atoms with van der Waals surface area (Å²) in [6, 6.07) is 4.02. The second-order valence-corrected chi connectivity index (χ2v) is 3.85. The normalized spacial score (nSPS) is 13.9. The van der Waals surface area contributed by atoms with Crippen molar-refractivity contribution in [1.82, 2.24) is 5.32 Å². The Kier molecular flexibility index (Phi) is 4.45. The third-order valence-electron chi connectivity index (χ3n) is 2.39. The molecule has 2 atom stereocenters. The molecule has 0 saturated heterocycles. The summed E-state index contributed by atoms with van der Waals surface area (Å²) < 4.78 is 18.9. The van der Waals surface area contributed by atoms with Crippen LogP contribution in [-0.2, 0) is 4.79 Å². The van der Waals surface area contributed by atoms with Gasteiger partial charge in [-0.15, -0.1) is 0 Å². The van der Waals surface area contributed by atoms with Crippen molar-refractivity contribution < 1.29 is 13.9 Å². The van der Waals surface area contributed by atoms with Crippen LogP contribution in [0.1, 0.15) is 25.5 Å². The van der Waals surface area contributed by atoms with Gasteiger partial charge in [-0.3, -0.25) is 4.79 Å². The summed E-state index contributed by atoms with van der Waals surface area (Å²) in [5.41, 5.74) is 6.01. The summed E-state index contributed by atoms with van der Waals surface area (Å²) in [5.74, 6) is -0.383. The van der Waals surface area contributed by atoms with Gasteiger partial charge >= 0.3 is 0 Å². The minimum Gasteiger partial charge on any atom is -0.481 e. The lowest BCUT2D eigenvalue weighted by molar-refractivity contribution is -0.126. The molecule has 1 unspecified atom stereocenters. The summed E-state index contributed by atoms with van der Waals surface area (Å²) >= 11 is 0. The lowest BCUT2D eigenvalue weighted by Gasteiger charge is -2.14. The quantitative estimate of drug-likeness (QED) is 0.835. The first kappa shape index (κ1) is 13.4. The molecule has 0 saturated carbocycles. The van der Waals surface area contributed by atoms with Crippen molar-refractivity contribution in [1.29, 1.82) is 0 Å². The average Bonchev–Trinajstić information content (AvgIpc) is 2.27. The minimum atomic E-state index is -0.666. The Morgan fingerprint density at radius 1 is 1.47 bits per heavy atom. The van der Waals surface area contributed by atoms with Crippen molar-refractivity contribution in [3.63, 3.8) is 0 Å². The molecule has 94 valence electrons. The highest BCUT2D eigenvalue weighted by Crippen LogP contribution is 2.21. The predicted octanol–water partition coefficient (Wildman–Crippen LogP) is 1.36. The fraction of sp³-hybridized carbons (Fsp3) is 0.417. The van der Waals surface area contributed by atoms with Gasteiger partial charge in [0.2, 0.25) is 0 Å². The molecule has 0 bridgehead atoms. The lowest BCUT2D eigenvalue weighted by atomic mass is 10.1. The molecule has 1 aromatic carbocycles. The number of benzene rings is 1. The summed E-state index contributed by atoms with van der Waals surface area (Å²) in [6.07, 6.45) is -0.666. The van der Waals surface area contributed by atoms with E-state index in [9.17, 15) is 9.18 Å². The minimum absolute atomic E-state index is 0.262. The van der Waals surface area contributed by atoms with Crippen LogP contribution in [0.2, 0.25) is 0 Å². The number of ether oxygens (including phenoxy) is 1. The highest BCUT2D eigenvalue weighted by Gasteiger charge is 2.14. The number of halogens is 1. The second kappa shape index (κ2) is 5.63. The maximum absolute atomic E-state index is 13.6. The number of rotatable bonds is 4. The van der Waals surface area contributed by atoms with Crippen molar-refractivity contribution >= 4 is 5.91 Å². The van der Waals surface area contributed by atoms with Crippen LogP contribution in [-0.4, -0.2) is 19.1 Å². The Balaban J connectivity index is 2.81. The number of carbonyl (C=O) groups is 1. The number of likely N-dealkylation sites (N-methyl/N-ethyl adjacent to an activating group) is 1. The van der Waals surface area contributed by atoms with E-state index in [-0.39, 0.29) is 11.9 Å². The first-order chi connectivity index (χ1) is 7.95. The summed E-state index contributed by atoms with van der Waals surface area (Å²) in [5, 5.41) is 2.45. The molecule has 0 spiro atoms. The first-order valence-corrected chi connectivity index (χ1v) is 5.39. The largest absolute Gasteiger partial charge is 0.481 e. The van der Waals surface area contributed by atoms with E-state index in [2.05, 4.69) is 5.32 Å². The number of hydrogen-bond donors (Lipinski definition) is 2. The third kappa shape index (κ3) is 3.42. The van der Waals surface area contributed by atoms with Crippen LogP contribution in [0.5, 0.6) is 5.75 Å². The van der Waals surface area contributed by atoms with Gasteiger partial charge in [-0.1, -0.05) is 6.07 Å². The molecule has 1 rings (SSSR count). The summed E-state index contributed by atoms with van der Waals surface area (Å²) in [6.45, 7) is 3.29. The van der Waals surface area contributed by atoms with Crippen LogP contribution in [0.15, 0.2) is 18.2 Å². The van der Waals surface area contributed by atoms with Crippen LogP contribution >= 0.6 is 0 Å². The molecule has 1 amide bonds. The van der Waals surface area contributed by atoms with Crippen LogP contribution in [0.3, 0.4) is 0 Å². The summed E-state index contributed by atoms with van der Waals surface area (Å²) in [7, 11) is 1.52. The monoisotopic (exact) mass is 240 g/mol. The number of carbonyl (C=O) groups excluding carboxylic acids is 1. The maximum atomic E-state index is 13.6. The van der Waals surface area contributed by atoms with Crippen LogP contribution in [0.4, 0.5) is 4.39 Å². The molecule has 5 heteroatoms. The third-order valence-corrected chi connectivity index (χ3v) is 2.39. The van der Waals surface area contributed by atoms with E-state index in [1.165, 1.54) is 13.1 Å². The van der Waals surface area contributed by atoms with Crippen LogP contribution in [0.25, 0.3) is 0 Å². The molecule has 1 aromatic rings. The van der Waals surface area contributed by atoms with Gasteiger partial charge in [0.1, 0.15) is 11.6 Å². The van der Waals surface area contributed by atoms with Gasteiger partial charge in [-0.25, -0.2) is 4.39 Å². The van der Waals surface area contributed by atoms with Crippen molar-refractivity contribution in [2.24, 2.45) is 5.73 Å². The standard InChI is InChI=1S/C12H17FN2O2/c1-7(14)10-5-4-9(6-11(10)13)17-8(2)12(16)15-3/h4-8H,14H2,1-3H3,(H,15,16)/t7-,8?/m0/s1. The Hall–Kier alpha value is -1.62. The van der Waals surface area contributed by atoms with Gasteiger partial charge in [0, 0.05) is 24.7 Å². The van der Waals surface area contributed by atoms with Crippen LogP contribution in [0, 0.1) is 5.82 Å². The van der Waals surface area contributed by atoms with Gasteiger partial charge in [-0.05, 0) is 19.9 Å². The van der Waals surface area contributed by atoms with Gasteiger partial charge in [-0.2, -0.15) is 0 Å². The molecule has 0 radical (unpaired) electrons. The number of amides is 1. The molecule has 4 nitrogen and oxygen atoms in total. The van der Waals surface area contributed by atoms with E-state index in [1.54, 1.807) is 26.0 Å². The van der Waals surface area contributed by atoms with E-state index < -0.39 is 11.9 Å². The fourth-order valence-corrected chi connectivity index (χ4v) is 1.41. The Morgan fingerprint density at radius 2 is 2.12 bits per heavy atom. The van der Waals surface area contributed by atoms with E-state index in [0.717, 1.165) is 0 Å². The Bertz CT molecular complexity index is 407. The van der Waals surface area contributed by atoms with E-state index in [1.807, 2.05) is 0 Å². The zero-order chi connectivity index (χ0) is 13.0. The molecule has 0 aliphatic carbocycles. The maximum Gasteiger partial charge on any atom is 0.260 e. The van der Waals surface area contributed by atoms with Crippen molar-refractivity contribution in [2.75, 3.05) is 7.05 Å². The van der Waals surface area contributed by atoms with E-state index in [4.69, 9.17) is 10.5 Å². The topological polar surface area (TPSA) is 64.3 Å². The number of nitrogens with one attached hydrogen (secondary N) is 1. The second-order valence-electron chi connectivity index (χ2n) is 3.85. The van der Waals surface area contributed by atoms with Gasteiger partial charge in [0.05, 0.1) is 0 Å². The summed E-state index contributed by atoms with van der Waals surface area (Å²) in [4.78, 5) is 11.2. The van der Waals surface area contributed by atoms with Gasteiger partial charge in [0.25, 0.3) is 5.91 Å². The van der Waals surface area contributed by atoms with Gasteiger partial charge < -0.3 is 15.8 Å². The van der Waals surface area contributed by atoms with Gasteiger partial charge in [0.15, 0.2) is 6.10 Å². The molecule has 0 fully saturated rings. The van der Waals surface area contributed by atoms with E-state index >= 15 is 0 Å². The predicted molar refractivity (Wildman–Crippen MR) is 63.2 cm³/mol. The molecule has 0 aliphatic rings. The van der Waals surface area contributed by atoms with E-state index in [0.29, 0.717) is 11.3 Å². The first-order valence-electron chi connectivity index (χ1n) is 5.39. The molecule has 0 aliphatic heterocycles. The Morgan fingerprint density at radius 3 is 2.59 bits per heavy atom. The van der Waals surface area contributed by atoms with Crippen molar-refractivity contribution in [3.05, 3.63) is 29.6 Å². The molecule has 0 heterocycles. The molecule has 17 heavy (non-hydrogen) atoms. The zero-order valence-corrected chi connectivity index (χ0v) is 10.2. The SMILES string of the molecule is CNC(=O)C(C)Oc1ccc([C@H](C)N)c(F)c1. The highest BCUT2D eigenvalue weighted by atomic mass is 19.1. The van der Waals surface area contributed by atoms with Crippen LogP contribution < -0.4 is 15.8 Å². The molecular weight excluding hydrogens is 223 g/mol. The number of nitrogens with two attached hydrogens (primary N) is 1. The molecule has 0 aromatic heterocycles. The van der Waals surface area contributed by atoms with Crippen molar-refractivity contribution in [2.45, 2.75) is 26.0 Å². The molecular formula is C12H17FN2O2. The smallest absolute Gasteiger partial charge is 0.260 e. The fourth-order valence-electron chi connectivity index (χ4n) is 1.41. The lowest BCUT2D eigenvalue weighted by Crippen LogP contribution is -2.33.